The number of carbonyl (C=O) groups excluding carboxylic acids is 2. The topological polar surface area (TPSA) is 117 Å². The second-order valence-electron chi connectivity index (χ2n) is 16.7. The highest BCUT2D eigenvalue weighted by molar-refractivity contribution is 6.48. The molecule has 1 aromatic heterocycles. The molecule has 2 amide bonds. The molecule has 4 heterocycles. The van der Waals surface area contributed by atoms with Crippen molar-refractivity contribution in [2.24, 2.45) is 23.2 Å². The van der Waals surface area contributed by atoms with Crippen LogP contribution in [0, 0.1) is 34.5 Å². The Labute approximate surface area is 293 Å². The second kappa shape index (κ2) is 12.8. The number of halogens is 2. The number of furan rings is 1. The Morgan fingerprint density at radius 3 is 2.70 bits per heavy atom. The zero-order valence-corrected chi connectivity index (χ0v) is 29.8. The fourth-order valence-corrected chi connectivity index (χ4v) is 9.58. The van der Waals surface area contributed by atoms with Crippen molar-refractivity contribution in [3.63, 3.8) is 0 Å². The van der Waals surface area contributed by atoms with Crippen LogP contribution in [-0.4, -0.2) is 90.3 Å². The van der Waals surface area contributed by atoms with Crippen molar-refractivity contribution in [1.82, 2.24) is 15.1 Å². The molecule has 1 unspecified atom stereocenters. The number of ether oxygens (including phenoxy) is 1. The third-order valence-electron chi connectivity index (χ3n) is 12.7. The van der Waals surface area contributed by atoms with Gasteiger partial charge in [0.15, 0.2) is 0 Å². The van der Waals surface area contributed by atoms with E-state index < -0.39 is 48.2 Å². The van der Waals surface area contributed by atoms with Crippen LogP contribution in [0.4, 0.5) is 13.6 Å². The van der Waals surface area contributed by atoms with E-state index in [9.17, 15) is 23.6 Å². The van der Waals surface area contributed by atoms with Crippen molar-refractivity contribution in [1.29, 1.82) is 5.26 Å². The van der Waals surface area contributed by atoms with E-state index in [0.29, 0.717) is 37.6 Å². The first-order valence-electron chi connectivity index (χ1n) is 18.2. The molecule has 3 saturated carbocycles. The lowest BCUT2D eigenvalue weighted by Gasteiger charge is -2.64. The molecule has 0 spiro atoms. The van der Waals surface area contributed by atoms with Gasteiger partial charge in [-0.25, -0.2) is 13.6 Å². The molecule has 13 heteroatoms. The van der Waals surface area contributed by atoms with Gasteiger partial charge in [-0.1, -0.05) is 32.0 Å². The highest BCUT2D eigenvalue weighted by Gasteiger charge is 2.68. The number of alkyl halides is 2. The number of para-hydroxylation sites is 1. The van der Waals surface area contributed by atoms with Crippen LogP contribution in [-0.2, 0) is 25.3 Å². The van der Waals surface area contributed by atoms with Gasteiger partial charge in [-0.05, 0) is 88.2 Å². The number of hydrogen-bond acceptors (Lipinski definition) is 8. The molecule has 6 aliphatic rings. The number of amides is 2. The molecular weight excluding hydrogens is 645 g/mol. The van der Waals surface area contributed by atoms with E-state index in [1.807, 2.05) is 24.3 Å². The van der Waals surface area contributed by atoms with Crippen LogP contribution < -0.4 is 5.32 Å². The molecule has 2 aromatic rings. The monoisotopic (exact) mass is 694 g/mol. The first-order valence-corrected chi connectivity index (χ1v) is 18.2. The van der Waals surface area contributed by atoms with Crippen molar-refractivity contribution in [2.75, 3.05) is 26.2 Å². The largest absolute Gasteiger partial charge is 0.482 e. The zero-order chi connectivity index (χ0) is 35.6. The van der Waals surface area contributed by atoms with Crippen LogP contribution in [0.25, 0.3) is 11.0 Å². The summed E-state index contributed by atoms with van der Waals surface area (Å²) in [6, 6.07) is 9.88. The third-order valence-corrected chi connectivity index (χ3v) is 12.7. The number of nitrogens with one attached hydrogen (secondary N) is 1. The van der Waals surface area contributed by atoms with Crippen LogP contribution in [0.5, 0.6) is 0 Å². The van der Waals surface area contributed by atoms with Crippen molar-refractivity contribution in [3.05, 3.63) is 36.1 Å². The van der Waals surface area contributed by atoms with Crippen LogP contribution in [0.15, 0.2) is 34.9 Å². The molecule has 8 rings (SSSR count). The number of carbonyl (C=O) groups is 2. The van der Waals surface area contributed by atoms with Crippen molar-refractivity contribution < 1.29 is 36.8 Å². The normalized spacial score (nSPS) is 31.4. The molecule has 1 aromatic carbocycles. The number of hydrogen-bond donors (Lipinski definition) is 1. The van der Waals surface area contributed by atoms with Gasteiger partial charge in [0.2, 0.25) is 5.91 Å². The van der Waals surface area contributed by atoms with Gasteiger partial charge in [0, 0.05) is 30.4 Å². The van der Waals surface area contributed by atoms with E-state index in [4.69, 9.17) is 18.5 Å². The summed E-state index contributed by atoms with van der Waals surface area (Å²) in [6.45, 7) is 10.8. The van der Waals surface area contributed by atoms with Crippen molar-refractivity contribution >= 4 is 30.1 Å². The molecule has 7 atom stereocenters. The summed E-state index contributed by atoms with van der Waals surface area (Å²) < 4.78 is 53.0. The lowest BCUT2D eigenvalue weighted by molar-refractivity contribution is -0.199. The minimum absolute atomic E-state index is 0.0661. The van der Waals surface area contributed by atoms with Gasteiger partial charge in [-0.2, -0.15) is 5.26 Å². The fourth-order valence-electron chi connectivity index (χ4n) is 9.58. The summed E-state index contributed by atoms with van der Waals surface area (Å²) in [4.78, 5) is 30.4. The Morgan fingerprint density at radius 2 is 1.98 bits per heavy atom. The standard InChI is InChI=1S/C37H49BF2N4O6/c1-34(2,44-14-12-37(39,40)22-44)18-24(19-41)32(45)43-13-8-9-26(20-43)48-33(46)42-31(15-23-21-47-28-11-7-6-10-27(23)28)38-49-30-17-25-16-29(35(25,3)4)36(30,5)50-38/h6-7,10-11,21,24-26,29-31H,8-9,12-18,20,22H2,1-5H3,(H,42,46)/t24?,25-,26-,29-,30+,31-,36-/m0/s1. The molecule has 10 nitrogen and oxygen atoms in total. The molecule has 50 heavy (non-hydrogen) atoms. The molecule has 270 valence electrons. The number of rotatable bonds is 9. The number of piperidine rings is 1. The highest BCUT2D eigenvalue weighted by atomic mass is 19.3. The predicted molar refractivity (Wildman–Crippen MR) is 182 cm³/mol. The molecular formula is C37H49BF2N4O6. The summed E-state index contributed by atoms with van der Waals surface area (Å²) in [7, 11) is -0.693. The molecule has 6 fully saturated rings. The van der Waals surface area contributed by atoms with Gasteiger partial charge < -0.3 is 28.7 Å². The van der Waals surface area contributed by atoms with Gasteiger partial charge >= 0.3 is 13.2 Å². The third kappa shape index (κ3) is 6.41. The van der Waals surface area contributed by atoms with Crippen LogP contribution in [0.1, 0.15) is 78.7 Å². The maximum absolute atomic E-state index is 13.9. The molecule has 3 saturated heterocycles. The fraction of sp³-hybridized carbons (Fsp3) is 0.703. The zero-order valence-electron chi connectivity index (χ0n) is 29.8. The minimum atomic E-state index is -2.77. The van der Waals surface area contributed by atoms with E-state index in [1.165, 1.54) is 0 Å². The lowest BCUT2D eigenvalue weighted by Crippen LogP contribution is -2.65. The Morgan fingerprint density at radius 1 is 1.20 bits per heavy atom. The summed E-state index contributed by atoms with van der Waals surface area (Å²) in [6.07, 6.45) is 3.92. The first kappa shape index (κ1) is 35.2. The number of fused-ring (bicyclic) bond motifs is 1. The van der Waals surface area contributed by atoms with Gasteiger partial charge in [0.1, 0.15) is 17.6 Å². The first-order chi connectivity index (χ1) is 23.6. The Bertz CT molecular complexity index is 1660. The molecule has 3 aliphatic carbocycles. The molecule has 2 bridgehead atoms. The Hall–Kier alpha value is -3.21. The maximum atomic E-state index is 13.9. The van der Waals surface area contributed by atoms with E-state index in [-0.39, 0.29) is 49.9 Å². The number of likely N-dealkylation sites (tertiary alicyclic amines) is 2. The molecule has 1 N–H and O–H groups in total. The lowest BCUT2D eigenvalue weighted by atomic mass is 9.43. The summed E-state index contributed by atoms with van der Waals surface area (Å²) in [5, 5.41) is 14.0. The summed E-state index contributed by atoms with van der Waals surface area (Å²) in [5.41, 5.74) is 0.618. The summed E-state index contributed by atoms with van der Waals surface area (Å²) in [5.74, 6) is -3.77. The smallest absolute Gasteiger partial charge is 0.464 e. The second-order valence-corrected chi connectivity index (χ2v) is 16.7. The molecule has 3 aliphatic heterocycles. The minimum Gasteiger partial charge on any atom is -0.464 e. The number of nitrogens with zero attached hydrogens (tertiary/aromatic N) is 3. The van der Waals surface area contributed by atoms with Gasteiger partial charge in [-0.3, -0.25) is 9.69 Å². The van der Waals surface area contributed by atoms with E-state index >= 15 is 0 Å². The van der Waals surface area contributed by atoms with Crippen molar-refractivity contribution in [3.8, 4) is 6.07 Å². The highest BCUT2D eigenvalue weighted by Crippen LogP contribution is 2.65. The van der Waals surface area contributed by atoms with Gasteiger partial charge in [0.05, 0.1) is 43.1 Å². The summed E-state index contributed by atoms with van der Waals surface area (Å²) >= 11 is 0. The average Bonchev–Trinajstić information content (AvgIpc) is 3.77. The average molecular weight is 695 g/mol. The Balaban J connectivity index is 1.01. The number of alkyl carbamates (subject to hydrolysis) is 1. The quantitative estimate of drug-likeness (QED) is 0.319. The van der Waals surface area contributed by atoms with Gasteiger partial charge in [0.25, 0.3) is 5.92 Å². The van der Waals surface area contributed by atoms with E-state index in [0.717, 1.165) is 29.4 Å². The van der Waals surface area contributed by atoms with Gasteiger partial charge in [-0.15, -0.1) is 0 Å². The number of nitriles is 1. The van der Waals surface area contributed by atoms with Crippen molar-refractivity contribution in [2.45, 2.75) is 115 Å². The van der Waals surface area contributed by atoms with Crippen LogP contribution in [0.3, 0.4) is 0 Å². The SMILES string of the molecule is CC1(C)[C@@H]2C[C@H]3OB([C@H](Cc4coc5ccccc45)NC(=O)O[C@H]4CCCN(C(=O)C(C#N)CC(C)(C)N5CCC(F)(F)C5)C4)O[C@@]3(C)[C@H]1C2. The maximum Gasteiger partial charge on any atom is 0.482 e. The van der Waals surface area contributed by atoms with E-state index in [1.54, 1.807) is 29.9 Å². The van der Waals surface area contributed by atoms with Crippen LogP contribution in [0.2, 0.25) is 0 Å². The van der Waals surface area contributed by atoms with E-state index in [2.05, 4.69) is 32.2 Å². The molecule has 0 radical (unpaired) electrons. The number of benzene rings is 1. The Kier molecular flexibility index (Phi) is 9.00. The predicted octanol–water partition coefficient (Wildman–Crippen LogP) is 5.98. The van der Waals surface area contributed by atoms with Crippen LogP contribution >= 0.6 is 0 Å².